The van der Waals surface area contributed by atoms with Gasteiger partial charge in [0.05, 0.1) is 16.4 Å². The zero-order chi connectivity index (χ0) is 24.3. The first-order chi connectivity index (χ1) is 15.5. The molecule has 0 saturated carbocycles. The largest absolute Gasteiger partial charge is 0.330 e. The minimum atomic E-state index is -0.369. The topological polar surface area (TPSA) is 67.2 Å². The van der Waals surface area contributed by atoms with Crippen LogP contribution in [0.15, 0.2) is 48.5 Å². The average molecular weight is 508 g/mol. The Morgan fingerprint density at radius 3 is 2.24 bits per heavy atom. The maximum atomic E-state index is 12.9. The molecule has 0 aliphatic rings. The van der Waals surface area contributed by atoms with Crippen molar-refractivity contribution in [3.63, 3.8) is 0 Å². The van der Waals surface area contributed by atoms with E-state index in [9.17, 15) is 9.59 Å². The summed E-state index contributed by atoms with van der Waals surface area (Å²) in [6.07, 6.45) is 0. The Labute approximate surface area is 208 Å². The second-order valence-electron chi connectivity index (χ2n) is 8.55. The van der Waals surface area contributed by atoms with Gasteiger partial charge in [-0.2, -0.15) is 5.10 Å². The number of carbonyl (C=O) groups excluding carboxylic acids is 2. The molecular formula is C24H25Cl3N4O2. The number of hydrogen-bond acceptors (Lipinski definition) is 3. The van der Waals surface area contributed by atoms with Gasteiger partial charge in [0.25, 0.3) is 5.91 Å². The van der Waals surface area contributed by atoms with Crippen LogP contribution in [-0.2, 0) is 10.2 Å². The summed E-state index contributed by atoms with van der Waals surface area (Å²) in [6.45, 7) is 8.07. The molecule has 33 heavy (non-hydrogen) atoms. The van der Waals surface area contributed by atoms with E-state index < -0.39 is 0 Å². The number of nitrogens with zero attached hydrogens (tertiary/aromatic N) is 3. The van der Waals surface area contributed by atoms with E-state index in [1.807, 2.05) is 45.0 Å². The van der Waals surface area contributed by atoms with Crippen molar-refractivity contribution in [2.24, 2.45) is 0 Å². The number of carbonyl (C=O) groups is 2. The first-order valence-electron chi connectivity index (χ1n) is 10.4. The maximum absolute atomic E-state index is 12.9. The molecule has 2 amide bonds. The lowest BCUT2D eigenvalue weighted by molar-refractivity contribution is -0.116. The molecule has 1 N–H and O–H groups in total. The molecule has 6 nitrogen and oxygen atoms in total. The Morgan fingerprint density at radius 2 is 1.67 bits per heavy atom. The quantitative estimate of drug-likeness (QED) is 0.430. The smallest absolute Gasteiger partial charge is 0.254 e. The minimum absolute atomic E-state index is 0.155. The number of benzene rings is 2. The van der Waals surface area contributed by atoms with Gasteiger partial charge < -0.3 is 10.2 Å². The lowest BCUT2D eigenvalue weighted by Crippen LogP contribution is -2.38. The van der Waals surface area contributed by atoms with Crippen LogP contribution in [0, 0.1) is 0 Å². The van der Waals surface area contributed by atoms with Gasteiger partial charge >= 0.3 is 0 Å². The summed E-state index contributed by atoms with van der Waals surface area (Å²) >= 11 is 18.4. The van der Waals surface area contributed by atoms with Crippen LogP contribution in [0.1, 0.15) is 43.7 Å². The van der Waals surface area contributed by atoms with Crippen LogP contribution in [0.2, 0.25) is 15.1 Å². The predicted molar refractivity (Wildman–Crippen MR) is 134 cm³/mol. The lowest BCUT2D eigenvalue weighted by Gasteiger charge is -2.21. The molecule has 0 saturated heterocycles. The van der Waals surface area contributed by atoms with E-state index >= 15 is 0 Å². The van der Waals surface area contributed by atoms with Gasteiger partial charge in [-0.3, -0.25) is 9.59 Å². The molecule has 1 heterocycles. The number of rotatable bonds is 6. The molecule has 9 heteroatoms. The highest BCUT2D eigenvalue weighted by Crippen LogP contribution is 2.29. The standard InChI is InChI=1S/C24H25Cl3N4O2/c1-5-30(23(33)15-10-16(25)12-17(26)11-15)14-22(32)28-21-13-20(24(2,3)4)29-31(21)19-9-7-6-8-18(19)27/h6-13H,5,14H2,1-4H3,(H,28,32). The molecule has 0 aliphatic heterocycles. The van der Waals surface area contributed by atoms with Crippen molar-refractivity contribution in [2.45, 2.75) is 33.1 Å². The van der Waals surface area contributed by atoms with Crippen LogP contribution in [0.3, 0.4) is 0 Å². The lowest BCUT2D eigenvalue weighted by atomic mass is 9.92. The summed E-state index contributed by atoms with van der Waals surface area (Å²) in [5.41, 5.74) is 1.50. The molecular weight excluding hydrogens is 483 g/mol. The van der Waals surface area contributed by atoms with Crippen LogP contribution >= 0.6 is 34.8 Å². The third kappa shape index (κ3) is 6.08. The third-order valence-electron chi connectivity index (χ3n) is 4.94. The van der Waals surface area contributed by atoms with Crippen LogP contribution < -0.4 is 5.32 Å². The molecule has 0 bridgehead atoms. The molecule has 3 aromatic rings. The molecule has 1 aromatic heterocycles. The fourth-order valence-electron chi connectivity index (χ4n) is 3.19. The van der Waals surface area contributed by atoms with E-state index in [2.05, 4.69) is 10.4 Å². The van der Waals surface area contributed by atoms with Crippen LogP contribution in [0.25, 0.3) is 5.69 Å². The zero-order valence-corrected chi connectivity index (χ0v) is 21.1. The van der Waals surface area contributed by atoms with Crippen molar-refractivity contribution in [3.05, 3.63) is 74.9 Å². The molecule has 0 fully saturated rings. The van der Waals surface area contributed by atoms with Gasteiger partial charge in [0.1, 0.15) is 12.4 Å². The monoisotopic (exact) mass is 506 g/mol. The molecule has 0 unspecified atom stereocenters. The number of nitrogens with one attached hydrogen (secondary N) is 1. The normalized spacial score (nSPS) is 11.4. The predicted octanol–water partition coefficient (Wildman–Crippen LogP) is 6.23. The number of halogens is 3. The number of anilines is 1. The summed E-state index contributed by atoms with van der Waals surface area (Å²) in [7, 11) is 0. The van der Waals surface area contributed by atoms with Crippen molar-refractivity contribution in [1.29, 1.82) is 0 Å². The summed E-state index contributed by atoms with van der Waals surface area (Å²) in [6, 6.07) is 13.7. The van der Waals surface area contributed by atoms with E-state index in [1.165, 1.54) is 17.0 Å². The Kier molecular flexibility index (Phi) is 7.73. The average Bonchev–Trinajstić information content (AvgIpc) is 3.15. The van der Waals surface area contributed by atoms with Crippen molar-refractivity contribution >= 4 is 52.4 Å². The van der Waals surface area contributed by atoms with E-state index in [1.54, 1.807) is 23.7 Å². The highest BCUT2D eigenvalue weighted by Gasteiger charge is 2.24. The van der Waals surface area contributed by atoms with E-state index in [-0.39, 0.29) is 23.8 Å². The Balaban J connectivity index is 1.86. The fraction of sp³-hybridized carbons (Fsp3) is 0.292. The molecule has 0 atom stereocenters. The van der Waals surface area contributed by atoms with Crippen molar-refractivity contribution in [3.8, 4) is 5.69 Å². The first kappa shape index (κ1) is 25.1. The second kappa shape index (κ2) is 10.2. The molecule has 2 aromatic carbocycles. The highest BCUT2D eigenvalue weighted by atomic mass is 35.5. The van der Waals surface area contributed by atoms with Gasteiger partial charge in [0.15, 0.2) is 0 Å². The second-order valence-corrected chi connectivity index (χ2v) is 9.83. The van der Waals surface area contributed by atoms with Crippen molar-refractivity contribution in [1.82, 2.24) is 14.7 Å². The molecule has 0 spiro atoms. The van der Waals surface area contributed by atoms with E-state index in [4.69, 9.17) is 34.8 Å². The van der Waals surface area contributed by atoms with Gasteiger partial charge in [0.2, 0.25) is 5.91 Å². The van der Waals surface area contributed by atoms with Gasteiger partial charge in [0, 0.05) is 33.6 Å². The van der Waals surface area contributed by atoms with Crippen molar-refractivity contribution < 1.29 is 9.59 Å². The Hall–Kier alpha value is -2.54. The highest BCUT2D eigenvalue weighted by molar-refractivity contribution is 6.35. The molecule has 0 aliphatic carbocycles. The summed E-state index contributed by atoms with van der Waals surface area (Å²) < 4.78 is 1.61. The first-order valence-corrected chi connectivity index (χ1v) is 11.5. The molecule has 3 rings (SSSR count). The summed E-state index contributed by atoms with van der Waals surface area (Å²) in [4.78, 5) is 27.3. The number of hydrogen-bond donors (Lipinski definition) is 1. The van der Waals surface area contributed by atoms with Gasteiger partial charge in [-0.25, -0.2) is 4.68 Å². The summed E-state index contributed by atoms with van der Waals surface area (Å²) in [5.74, 6) is -0.244. The summed E-state index contributed by atoms with van der Waals surface area (Å²) in [5, 5.41) is 8.76. The number of likely N-dealkylation sites (N-methyl/N-ethyl adjacent to an activating group) is 1. The number of para-hydroxylation sites is 1. The molecule has 0 radical (unpaired) electrons. The van der Waals surface area contributed by atoms with E-state index in [0.717, 1.165) is 5.69 Å². The Morgan fingerprint density at radius 1 is 1.03 bits per heavy atom. The molecule has 174 valence electrons. The number of amides is 2. The fourth-order valence-corrected chi connectivity index (χ4v) is 3.93. The van der Waals surface area contributed by atoms with Gasteiger partial charge in [-0.05, 0) is 37.3 Å². The third-order valence-corrected chi connectivity index (χ3v) is 5.69. The minimum Gasteiger partial charge on any atom is -0.330 e. The van der Waals surface area contributed by atoms with Crippen LogP contribution in [0.4, 0.5) is 5.82 Å². The van der Waals surface area contributed by atoms with Gasteiger partial charge in [-0.15, -0.1) is 0 Å². The van der Waals surface area contributed by atoms with Crippen LogP contribution in [0.5, 0.6) is 0 Å². The number of aromatic nitrogens is 2. The van der Waals surface area contributed by atoms with E-state index in [0.29, 0.717) is 38.7 Å². The Bertz CT molecular complexity index is 1160. The SMILES string of the molecule is CCN(CC(=O)Nc1cc(C(C)(C)C)nn1-c1ccccc1Cl)C(=O)c1cc(Cl)cc(Cl)c1. The van der Waals surface area contributed by atoms with Crippen molar-refractivity contribution in [2.75, 3.05) is 18.4 Å². The maximum Gasteiger partial charge on any atom is 0.254 e. The van der Waals surface area contributed by atoms with Gasteiger partial charge in [-0.1, -0.05) is 67.7 Å². The zero-order valence-electron chi connectivity index (χ0n) is 18.8. The van der Waals surface area contributed by atoms with Crippen LogP contribution in [-0.4, -0.2) is 39.6 Å².